The van der Waals surface area contributed by atoms with E-state index in [1.165, 1.54) is 45.0 Å². The normalized spacial score (nSPS) is 15.4. The van der Waals surface area contributed by atoms with E-state index in [0.717, 1.165) is 20.8 Å². The summed E-state index contributed by atoms with van der Waals surface area (Å²) in [4.78, 5) is 70.8. The molecule has 1 aliphatic heterocycles. The van der Waals surface area contributed by atoms with E-state index in [9.17, 15) is 28.8 Å². The van der Waals surface area contributed by atoms with Gasteiger partial charge in [0.1, 0.15) is 23.4 Å². The molecule has 212 valence electrons. The molecule has 13 nitrogen and oxygen atoms in total. The van der Waals surface area contributed by atoms with Gasteiger partial charge in [0.15, 0.2) is 17.6 Å². The van der Waals surface area contributed by atoms with Crippen LogP contribution in [0.15, 0.2) is 24.3 Å². The molecule has 0 radical (unpaired) electrons. The van der Waals surface area contributed by atoms with Gasteiger partial charge >= 0.3 is 35.8 Å². The number of carbonyl (C=O) groups excluding carboxylic acids is 6. The molecular weight excluding hydrogens is 532 g/mol. The van der Waals surface area contributed by atoms with E-state index in [-0.39, 0.29) is 46.5 Å². The molecule has 0 spiro atoms. The van der Waals surface area contributed by atoms with E-state index < -0.39 is 48.0 Å². The summed E-state index contributed by atoms with van der Waals surface area (Å²) < 4.78 is 37.7. The lowest BCUT2D eigenvalue weighted by Crippen LogP contribution is -2.34. The highest BCUT2D eigenvalue weighted by molar-refractivity contribution is 5.78. The Bertz CT molecular complexity index is 1350. The van der Waals surface area contributed by atoms with Crippen LogP contribution in [0.25, 0.3) is 0 Å². The van der Waals surface area contributed by atoms with Gasteiger partial charge in [-0.1, -0.05) is 0 Å². The quantitative estimate of drug-likeness (QED) is 0.360. The molecule has 3 rings (SSSR count). The van der Waals surface area contributed by atoms with Crippen LogP contribution in [-0.2, 0) is 39.9 Å². The molecule has 0 bridgehead atoms. The van der Waals surface area contributed by atoms with E-state index >= 15 is 0 Å². The summed E-state index contributed by atoms with van der Waals surface area (Å²) >= 11 is 0. The highest BCUT2D eigenvalue weighted by atomic mass is 16.6. The fourth-order valence-electron chi connectivity index (χ4n) is 3.96. The first-order valence-corrected chi connectivity index (χ1v) is 11.8. The highest BCUT2D eigenvalue weighted by Crippen LogP contribution is 2.47. The van der Waals surface area contributed by atoms with Crippen LogP contribution in [-0.4, -0.2) is 41.9 Å². The maximum Gasteiger partial charge on any atom is 0.308 e. The van der Waals surface area contributed by atoms with Crippen LogP contribution >= 0.6 is 0 Å². The van der Waals surface area contributed by atoms with Crippen LogP contribution in [0.3, 0.4) is 0 Å². The van der Waals surface area contributed by atoms with Gasteiger partial charge in [-0.2, -0.15) is 0 Å². The predicted molar refractivity (Wildman–Crippen MR) is 132 cm³/mol. The Hall–Kier alpha value is -4.94. The lowest BCUT2D eigenvalue weighted by Gasteiger charge is -2.34. The zero-order valence-electron chi connectivity index (χ0n) is 22.5. The summed E-state index contributed by atoms with van der Waals surface area (Å²) in [5.74, 6) is -5.04. The van der Waals surface area contributed by atoms with Gasteiger partial charge in [0, 0.05) is 71.2 Å². The highest BCUT2D eigenvalue weighted by Gasteiger charge is 2.38. The van der Waals surface area contributed by atoms with Crippen molar-refractivity contribution in [1.29, 1.82) is 0 Å². The minimum atomic E-state index is -1.12. The van der Waals surface area contributed by atoms with Crippen molar-refractivity contribution in [1.82, 2.24) is 0 Å². The van der Waals surface area contributed by atoms with Gasteiger partial charge in [-0.3, -0.25) is 28.8 Å². The largest absolute Gasteiger partial charge is 0.481 e. The Morgan fingerprint density at radius 1 is 0.625 bits per heavy atom. The van der Waals surface area contributed by atoms with Gasteiger partial charge in [-0.15, -0.1) is 0 Å². The van der Waals surface area contributed by atoms with E-state index in [1.54, 1.807) is 0 Å². The fourth-order valence-corrected chi connectivity index (χ4v) is 3.96. The first kappa shape index (κ1) is 29.6. The molecule has 0 N–H and O–H groups in total. The number of esters is 6. The third-order valence-electron chi connectivity index (χ3n) is 5.10. The fraction of sp³-hybridized carbons (Fsp3) is 0.333. The minimum Gasteiger partial charge on any atom is -0.481 e. The average molecular weight is 558 g/mol. The molecule has 2 atom stereocenters. The smallest absolute Gasteiger partial charge is 0.308 e. The van der Waals surface area contributed by atoms with Crippen molar-refractivity contribution in [3.05, 3.63) is 35.4 Å². The number of rotatable bonds is 7. The molecule has 0 unspecified atom stereocenters. The lowest BCUT2D eigenvalue weighted by molar-refractivity contribution is -0.152. The Labute approximate surface area is 228 Å². The summed E-state index contributed by atoms with van der Waals surface area (Å²) in [6.07, 6.45) is -2.18. The standard InChI is InChI=1S/C27H26O13/c1-12(28)34-19-9-21(35-13(2)29)20-11-25(38-16(5)32)26(40-22(20)10-19)18-7-23(36-14(3)30)27(39-17(6)33)24(8-18)37-15(4)31/h7-10,25-26H,11H2,1-6H3/t25-,26+/m1/s1. The summed E-state index contributed by atoms with van der Waals surface area (Å²) in [5, 5.41) is 0. The molecule has 2 aromatic rings. The molecule has 0 amide bonds. The summed E-state index contributed by atoms with van der Waals surface area (Å²) in [5.41, 5.74) is 0.526. The number of hydrogen-bond acceptors (Lipinski definition) is 13. The number of fused-ring (bicyclic) bond motifs is 1. The molecule has 1 aliphatic rings. The second-order valence-electron chi connectivity index (χ2n) is 8.60. The van der Waals surface area contributed by atoms with Gasteiger partial charge in [0.25, 0.3) is 0 Å². The SMILES string of the molecule is CC(=O)Oc1cc(OC(C)=O)c2c(c1)O[C@@H](c1cc(OC(C)=O)c(OC(C)=O)c(OC(C)=O)c1)[C@H](OC(C)=O)C2. The third-order valence-corrected chi connectivity index (χ3v) is 5.10. The third kappa shape index (κ3) is 7.56. The minimum absolute atomic E-state index is 0.0126. The van der Waals surface area contributed by atoms with Crippen LogP contribution in [0, 0.1) is 0 Å². The zero-order chi connectivity index (χ0) is 29.7. The van der Waals surface area contributed by atoms with Crippen LogP contribution < -0.4 is 28.4 Å². The Morgan fingerprint density at radius 2 is 1.12 bits per heavy atom. The van der Waals surface area contributed by atoms with Crippen molar-refractivity contribution in [2.45, 2.75) is 60.2 Å². The molecule has 0 fully saturated rings. The van der Waals surface area contributed by atoms with Crippen molar-refractivity contribution in [2.75, 3.05) is 0 Å². The number of benzene rings is 2. The first-order valence-electron chi connectivity index (χ1n) is 11.8. The molecule has 0 saturated carbocycles. The van der Waals surface area contributed by atoms with Crippen molar-refractivity contribution in [2.24, 2.45) is 0 Å². The molecule has 0 saturated heterocycles. The van der Waals surface area contributed by atoms with E-state index in [2.05, 4.69) is 0 Å². The van der Waals surface area contributed by atoms with Crippen LogP contribution in [0.1, 0.15) is 58.8 Å². The first-order chi connectivity index (χ1) is 18.7. The Balaban J connectivity index is 2.23. The van der Waals surface area contributed by atoms with Crippen LogP contribution in [0.2, 0.25) is 0 Å². The van der Waals surface area contributed by atoms with Gasteiger partial charge in [0.2, 0.25) is 5.75 Å². The van der Waals surface area contributed by atoms with Gasteiger partial charge in [-0.25, -0.2) is 0 Å². The second-order valence-corrected chi connectivity index (χ2v) is 8.60. The molecule has 0 aromatic heterocycles. The maximum atomic E-state index is 12.0. The number of ether oxygens (including phenoxy) is 7. The number of hydrogen-bond donors (Lipinski definition) is 0. The van der Waals surface area contributed by atoms with E-state index in [4.69, 9.17) is 33.2 Å². The molecule has 2 aromatic carbocycles. The lowest BCUT2D eigenvalue weighted by atomic mass is 9.93. The molecule has 40 heavy (non-hydrogen) atoms. The molecular formula is C27H26O13. The van der Waals surface area contributed by atoms with Crippen molar-refractivity contribution < 1.29 is 61.9 Å². The van der Waals surface area contributed by atoms with Crippen molar-refractivity contribution >= 4 is 35.8 Å². The number of carbonyl (C=O) groups is 6. The molecule has 1 heterocycles. The summed E-state index contributed by atoms with van der Waals surface area (Å²) in [6, 6.07) is 5.29. The maximum absolute atomic E-state index is 12.0. The molecule has 0 aliphatic carbocycles. The van der Waals surface area contributed by atoms with Crippen molar-refractivity contribution in [3.63, 3.8) is 0 Å². The van der Waals surface area contributed by atoms with Gasteiger partial charge in [-0.05, 0) is 12.1 Å². The zero-order valence-corrected chi connectivity index (χ0v) is 22.5. The Kier molecular flexibility index (Phi) is 9.09. The second kappa shape index (κ2) is 12.3. The van der Waals surface area contributed by atoms with Gasteiger partial charge < -0.3 is 33.2 Å². The van der Waals surface area contributed by atoms with Crippen molar-refractivity contribution in [3.8, 4) is 34.5 Å². The van der Waals surface area contributed by atoms with Gasteiger partial charge in [0.05, 0.1) is 0 Å². The Morgan fingerprint density at radius 3 is 1.60 bits per heavy atom. The molecule has 13 heteroatoms. The summed E-state index contributed by atoms with van der Waals surface area (Å²) in [7, 11) is 0. The van der Waals surface area contributed by atoms with Crippen LogP contribution in [0.5, 0.6) is 34.5 Å². The topological polar surface area (TPSA) is 167 Å². The predicted octanol–water partition coefficient (Wildman–Crippen LogP) is 2.92. The summed E-state index contributed by atoms with van der Waals surface area (Å²) in [6.45, 7) is 6.86. The van der Waals surface area contributed by atoms with E-state index in [0.29, 0.717) is 5.56 Å². The van der Waals surface area contributed by atoms with Crippen LogP contribution in [0.4, 0.5) is 0 Å². The monoisotopic (exact) mass is 558 g/mol. The van der Waals surface area contributed by atoms with E-state index in [1.807, 2.05) is 0 Å². The average Bonchev–Trinajstić information content (AvgIpc) is 2.79.